The molecular formula is C12H15N3O2. The first-order valence-corrected chi connectivity index (χ1v) is 5.44. The standard InChI is InChI=1S/C12H15N3O2/c1-8-3-4-9(2)15(8)11(12(16)17)5-10-6-13-7-14-10/h3-4,6-7,11H,5H2,1-2H3,(H,13,14)(H,16,17)/t11-/m1/s1. The number of nitrogens with zero attached hydrogens (tertiary/aromatic N) is 2. The van der Waals surface area contributed by atoms with Crippen LogP contribution in [0, 0.1) is 13.8 Å². The number of H-pyrrole nitrogens is 1. The van der Waals surface area contributed by atoms with Crippen molar-refractivity contribution in [2.45, 2.75) is 26.3 Å². The first-order chi connectivity index (χ1) is 8.09. The molecule has 0 bridgehead atoms. The molecule has 90 valence electrons. The summed E-state index contributed by atoms with van der Waals surface area (Å²) in [7, 11) is 0. The third-order valence-electron chi connectivity index (χ3n) is 2.89. The molecule has 0 aliphatic carbocycles. The summed E-state index contributed by atoms with van der Waals surface area (Å²) < 4.78 is 1.84. The van der Waals surface area contributed by atoms with E-state index in [1.165, 1.54) is 0 Å². The monoisotopic (exact) mass is 233 g/mol. The van der Waals surface area contributed by atoms with Gasteiger partial charge in [0.25, 0.3) is 0 Å². The van der Waals surface area contributed by atoms with Crippen molar-refractivity contribution in [1.29, 1.82) is 0 Å². The predicted octanol–water partition coefficient (Wildman–Crippen LogP) is 1.70. The molecule has 0 aromatic carbocycles. The van der Waals surface area contributed by atoms with Crippen LogP contribution in [-0.4, -0.2) is 25.6 Å². The highest BCUT2D eigenvalue weighted by Crippen LogP contribution is 2.19. The van der Waals surface area contributed by atoms with Crippen LogP contribution in [0.3, 0.4) is 0 Å². The van der Waals surface area contributed by atoms with Crippen molar-refractivity contribution in [3.8, 4) is 0 Å². The highest BCUT2D eigenvalue weighted by atomic mass is 16.4. The van der Waals surface area contributed by atoms with Crippen LogP contribution in [0.1, 0.15) is 23.1 Å². The molecule has 0 saturated heterocycles. The first-order valence-electron chi connectivity index (χ1n) is 5.44. The number of carbonyl (C=O) groups is 1. The Kier molecular flexibility index (Phi) is 2.99. The minimum Gasteiger partial charge on any atom is -0.480 e. The lowest BCUT2D eigenvalue weighted by Crippen LogP contribution is -2.23. The maximum absolute atomic E-state index is 11.4. The molecule has 0 aliphatic heterocycles. The van der Waals surface area contributed by atoms with Gasteiger partial charge in [0.2, 0.25) is 0 Å². The fourth-order valence-electron chi connectivity index (χ4n) is 2.07. The molecule has 1 atom stereocenters. The number of aromatic amines is 1. The number of nitrogens with one attached hydrogen (secondary N) is 1. The van der Waals surface area contributed by atoms with Gasteiger partial charge in [0.05, 0.1) is 6.33 Å². The fraction of sp³-hybridized carbons (Fsp3) is 0.333. The molecule has 2 N–H and O–H groups in total. The van der Waals surface area contributed by atoms with Gasteiger partial charge in [0.15, 0.2) is 0 Å². The minimum atomic E-state index is -0.831. The summed E-state index contributed by atoms with van der Waals surface area (Å²) in [6.45, 7) is 3.83. The smallest absolute Gasteiger partial charge is 0.327 e. The molecule has 5 nitrogen and oxygen atoms in total. The Labute approximate surface area is 99.1 Å². The van der Waals surface area contributed by atoms with Crippen molar-refractivity contribution >= 4 is 5.97 Å². The van der Waals surface area contributed by atoms with E-state index in [4.69, 9.17) is 0 Å². The molecule has 0 amide bonds. The van der Waals surface area contributed by atoms with E-state index in [0.29, 0.717) is 6.42 Å². The molecule has 2 aromatic rings. The van der Waals surface area contributed by atoms with Gasteiger partial charge in [-0.2, -0.15) is 0 Å². The van der Waals surface area contributed by atoms with Gasteiger partial charge in [-0.1, -0.05) is 0 Å². The van der Waals surface area contributed by atoms with E-state index in [1.54, 1.807) is 12.5 Å². The van der Waals surface area contributed by atoms with E-state index in [9.17, 15) is 9.90 Å². The maximum atomic E-state index is 11.4. The number of carboxylic acids is 1. The van der Waals surface area contributed by atoms with Crippen LogP contribution in [-0.2, 0) is 11.2 Å². The van der Waals surface area contributed by atoms with Crippen molar-refractivity contribution in [2.75, 3.05) is 0 Å². The van der Waals surface area contributed by atoms with Crippen molar-refractivity contribution in [3.63, 3.8) is 0 Å². The molecule has 0 aliphatic rings. The van der Waals surface area contributed by atoms with Gasteiger partial charge in [0.1, 0.15) is 6.04 Å². The van der Waals surface area contributed by atoms with Gasteiger partial charge in [0, 0.05) is 29.7 Å². The second kappa shape index (κ2) is 4.45. The van der Waals surface area contributed by atoms with Crippen LogP contribution in [0.5, 0.6) is 0 Å². The zero-order chi connectivity index (χ0) is 12.4. The molecule has 2 heterocycles. The molecule has 0 saturated carbocycles. The topological polar surface area (TPSA) is 70.9 Å². The minimum absolute atomic E-state index is 0.408. The lowest BCUT2D eigenvalue weighted by atomic mass is 10.1. The number of aliphatic carboxylic acids is 1. The molecule has 0 spiro atoms. The van der Waals surface area contributed by atoms with Crippen LogP contribution >= 0.6 is 0 Å². The Bertz CT molecular complexity index is 494. The summed E-state index contributed by atoms with van der Waals surface area (Å²) in [4.78, 5) is 18.2. The van der Waals surface area contributed by atoms with Gasteiger partial charge >= 0.3 is 5.97 Å². The Hall–Kier alpha value is -2.04. The second-order valence-corrected chi connectivity index (χ2v) is 4.12. The molecule has 0 unspecified atom stereocenters. The number of rotatable bonds is 4. The maximum Gasteiger partial charge on any atom is 0.327 e. The summed E-state index contributed by atoms with van der Waals surface area (Å²) in [5.41, 5.74) is 2.73. The largest absolute Gasteiger partial charge is 0.480 e. The van der Waals surface area contributed by atoms with Crippen molar-refractivity contribution in [3.05, 3.63) is 41.7 Å². The van der Waals surface area contributed by atoms with Crippen molar-refractivity contribution < 1.29 is 9.90 Å². The second-order valence-electron chi connectivity index (χ2n) is 4.12. The van der Waals surface area contributed by atoms with E-state index >= 15 is 0 Å². The Morgan fingerprint density at radius 1 is 1.47 bits per heavy atom. The van der Waals surface area contributed by atoms with Crippen LogP contribution in [0.4, 0.5) is 0 Å². The first kappa shape index (κ1) is 11.4. The SMILES string of the molecule is Cc1ccc(C)n1[C@H](Cc1cnc[nH]1)C(=O)O. The summed E-state index contributed by atoms with van der Waals surface area (Å²) in [6.07, 6.45) is 3.62. The van der Waals surface area contributed by atoms with Crippen LogP contribution in [0.15, 0.2) is 24.7 Å². The summed E-state index contributed by atoms with van der Waals surface area (Å²) >= 11 is 0. The molecule has 17 heavy (non-hydrogen) atoms. The summed E-state index contributed by atoms with van der Waals surface area (Å²) in [5.74, 6) is -0.831. The van der Waals surface area contributed by atoms with Gasteiger partial charge in [-0.15, -0.1) is 0 Å². The zero-order valence-corrected chi connectivity index (χ0v) is 9.84. The van der Waals surface area contributed by atoms with Crippen LogP contribution in [0.2, 0.25) is 0 Å². The predicted molar refractivity (Wildman–Crippen MR) is 62.9 cm³/mol. The summed E-state index contributed by atoms with van der Waals surface area (Å²) in [6, 6.07) is 3.27. The molecule has 2 rings (SSSR count). The molecule has 0 fully saturated rings. The molecule has 5 heteroatoms. The quantitative estimate of drug-likeness (QED) is 0.844. The van der Waals surface area contributed by atoms with E-state index in [0.717, 1.165) is 17.1 Å². The molecule has 2 aromatic heterocycles. The summed E-state index contributed by atoms with van der Waals surface area (Å²) in [5, 5.41) is 9.34. The molecule has 0 radical (unpaired) electrons. The number of carboxylic acid groups (broad SMARTS) is 1. The third kappa shape index (κ3) is 2.22. The van der Waals surface area contributed by atoms with E-state index < -0.39 is 12.0 Å². The number of imidazole rings is 1. The average molecular weight is 233 g/mol. The van der Waals surface area contributed by atoms with E-state index in [-0.39, 0.29) is 0 Å². The number of aryl methyl sites for hydroxylation is 2. The highest BCUT2D eigenvalue weighted by Gasteiger charge is 2.22. The van der Waals surface area contributed by atoms with Gasteiger partial charge in [-0.25, -0.2) is 9.78 Å². The Balaban J connectivity index is 2.33. The van der Waals surface area contributed by atoms with Gasteiger partial charge in [-0.3, -0.25) is 0 Å². The van der Waals surface area contributed by atoms with Gasteiger partial charge < -0.3 is 14.7 Å². The average Bonchev–Trinajstić information content (AvgIpc) is 2.87. The van der Waals surface area contributed by atoms with E-state index in [1.807, 2.05) is 30.5 Å². The van der Waals surface area contributed by atoms with Crippen molar-refractivity contribution in [1.82, 2.24) is 14.5 Å². The zero-order valence-electron chi connectivity index (χ0n) is 9.84. The fourth-order valence-corrected chi connectivity index (χ4v) is 2.07. The van der Waals surface area contributed by atoms with Crippen LogP contribution < -0.4 is 0 Å². The lowest BCUT2D eigenvalue weighted by molar-refractivity contribution is -0.141. The van der Waals surface area contributed by atoms with Crippen LogP contribution in [0.25, 0.3) is 0 Å². The van der Waals surface area contributed by atoms with Gasteiger partial charge in [-0.05, 0) is 26.0 Å². The Morgan fingerprint density at radius 3 is 2.59 bits per heavy atom. The number of hydrogen-bond donors (Lipinski definition) is 2. The Morgan fingerprint density at radius 2 is 2.12 bits per heavy atom. The lowest BCUT2D eigenvalue weighted by Gasteiger charge is -2.18. The third-order valence-corrected chi connectivity index (χ3v) is 2.89. The molecular weight excluding hydrogens is 218 g/mol. The number of aromatic nitrogens is 3. The highest BCUT2D eigenvalue weighted by molar-refractivity contribution is 5.72. The normalized spacial score (nSPS) is 12.6. The van der Waals surface area contributed by atoms with E-state index in [2.05, 4.69) is 9.97 Å². The van der Waals surface area contributed by atoms with Crippen molar-refractivity contribution in [2.24, 2.45) is 0 Å². The number of hydrogen-bond acceptors (Lipinski definition) is 2.